The summed E-state index contributed by atoms with van der Waals surface area (Å²) >= 11 is 15.2. The van der Waals surface area contributed by atoms with Gasteiger partial charge in [-0.2, -0.15) is 0 Å². The number of amides is 4. The van der Waals surface area contributed by atoms with E-state index in [9.17, 15) is 33.6 Å². The number of allylic oxidation sites excluding steroid dienone is 1. The van der Waals surface area contributed by atoms with Gasteiger partial charge in [-0.1, -0.05) is 112 Å². The number of alkyl carbamates (subject to hydrolysis) is 2. The zero-order valence-corrected chi connectivity index (χ0v) is 70.1. The summed E-state index contributed by atoms with van der Waals surface area (Å²) in [5.74, 6) is -1.19. The van der Waals surface area contributed by atoms with Crippen molar-refractivity contribution >= 4 is 202 Å². The number of halogens is 5. The molecule has 0 fully saturated rings. The second-order valence-electron chi connectivity index (χ2n) is 24.1. The number of nitrogens with zero attached hydrogens (tertiary/aromatic N) is 5. The second kappa shape index (κ2) is 47.8. The molecule has 4 amide bonds. The van der Waals surface area contributed by atoms with Gasteiger partial charge in [0.15, 0.2) is 12.1 Å². The topological polar surface area (TPSA) is 331 Å². The van der Waals surface area contributed by atoms with E-state index >= 15 is 0 Å². The van der Waals surface area contributed by atoms with E-state index in [0.29, 0.717) is 45.2 Å². The van der Waals surface area contributed by atoms with Crippen molar-refractivity contribution in [3.05, 3.63) is 264 Å². The van der Waals surface area contributed by atoms with Crippen molar-refractivity contribution < 1.29 is 55.8 Å². The average molecular weight is 1860 g/mol. The number of hydrogen-bond donors (Lipinski definition) is 6. The van der Waals surface area contributed by atoms with Gasteiger partial charge in [0.1, 0.15) is 11.2 Å². The number of carbonyl (C=O) groups is 7. The Labute approximate surface area is 676 Å². The number of ketones is 1. The van der Waals surface area contributed by atoms with E-state index in [1.54, 1.807) is 83.8 Å². The molecule has 0 aliphatic heterocycles. The number of aromatic nitrogens is 5. The summed E-state index contributed by atoms with van der Waals surface area (Å²) in [5, 5.41) is 23.8. The predicted molar refractivity (Wildman–Crippen MR) is 449 cm³/mol. The molecule has 0 bridgehead atoms. The Morgan fingerprint density at radius 3 is 1.22 bits per heavy atom. The molecule has 7 N–H and O–H groups in total. The molecule has 0 unspecified atom stereocenters. The third-order valence-corrected chi connectivity index (χ3v) is 16.8. The Hall–Kier alpha value is -9.80. The van der Waals surface area contributed by atoms with Crippen molar-refractivity contribution in [2.75, 3.05) is 32.9 Å². The number of benzene rings is 6. The first kappa shape index (κ1) is 94.3. The zero-order valence-electron chi connectivity index (χ0n) is 60.5. The number of nitrogen functional groups attached to an aromatic ring is 1. The number of nitrogens with one attached hydrogen (secondary N) is 4. The van der Waals surface area contributed by atoms with Gasteiger partial charge in [0, 0.05) is 124 Å². The first-order valence-corrected chi connectivity index (χ1v) is 37.4. The van der Waals surface area contributed by atoms with Crippen LogP contribution < -0.4 is 27.0 Å². The van der Waals surface area contributed by atoms with Crippen molar-refractivity contribution in [3.63, 3.8) is 0 Å². The maximum absolute atomic E-state index is 12.0. The fourth-order valence-corrected chi connectivity index (χ4v) is 10.9. The number of carbonyl (C=O) groups excluding carboxylic acids is 6. The number of hydrogen-bond acceptors (Lipinski definition) is 17. The van der Waals surface area contributed by atoms with Crippen molar-refractivity contribution in [1.82, 2.24) is 46.2 Å². The Balaban J connectivity index is 0.000000429. The fourth-order valence-electron chi connectivity index (χ4n) is 8.74. The predicted octanol–water partition coefficient (Wildman–Crippen LogP) is 19.2. The molecule has 28 heteroatoms. The van der Waals surface area contributed by atoms with E-state index in [-0.39, 0.29) is 37.1 Å². The summed E-state index contributed by atoms with van der Waals surface area (Å²) in [6.45, 7) is 27.9. The number of aromatic carboxylic acids is 1. The number of aryl methyl sites for hydroxylation is 1. The van der Waals surface area contributed by atoms with E-state index in [2.05, 4.69) is 159 Å². The molecule has 6 aromatic carbocycles. The minimum absolute atomic E-state index is 0. The molecule has 11 aromatic rings. The number of rotatable bonds is 10. The molecule has 5 heterocycles. The zero-order chi connectivity index (χ0) is 80.1. The Bertz CT molecular complexity index is 4950. The molecule has 0 atom stereocenters. The molecule has 0 aliphatic carbocycles. The van der Waals surface area contributed by atoms with Gasteiger partial charge in [0.25, 0.3) is 11.8 Å². The SMILES string of the molecule is C.C=C(C)CNC(=O)OC(C)(C)C.C=C(CNC(=O)OC(C)(C)C)c1cccc2c(C(=O)NC)ccnc12.C=CC(C)=O.CNC(=O)c1ccnc2c(Br)cccc12.Cc1ccnc2c(Br)cccc12.Nc1ccccc1Br.O=C(O)c1ccnc2c(Br)cccc12.O=Cc1ccnc2c(Br)cccc12.O=[Se]=O. The number of fused-ring (bicyclic) bond motifs is 5. The third kappa shape index (κ3) is 31.9. The minimum atomic E-state index is -1.62. The Morgan fingerprint density at radius 1 is 0.500 bits per heavy atom. The van der Waals surface area contributed by atoms with Gasteiger partial charge in [-0.3, -0.25) is 44.1 Å². The molecule has 108 heavy (non-hydrogen) atoms. The summed E-state index contributed by atoms with van der Waals surface area (Å²) in [6.07, 6.45) is 9.41. The van der Waals surface area contributed by atoms with Crippen molar-refractivity contribution in [1.29, 1.82) is 0 Å². The Kier molecular flexibility index (Phi) is 41.7. The van der Waals surface area contributed by atoms with Gasteiger partial charge in [0.05, 0.1) is 44.3 Å². The van der Waals surface area contributed by atoms with Crippen LogP contribution in [-0.2, 0) is 21.9 Å². The molecule has 0 spiro atoms. The molecule has 0 saturated heterocycles. The van der Waals surface area contributed by atoms with Gasteiger partial charge >= 0.3 is 40.6 Å². The average Bonchev–Trinajstić information content (AvgIpc) is 0.819. The number of para-hydroxylation sites is 6. The monoisotopic (exact) mass is 1850 g/mol. The number of nitrogens with two attached hydrogens (primary N) is 1. The number of pyridine rings is 5. The van der Waals surface area contributed by atoms with Crippen LogP contribution in [0, 0.1) is 6.92 Å². The second-order valence-corrected chi connectivity index (χ2v) is 28.7. The van der Waals surface area contributed by atoms with Crippen molar-refractivity contribution in [2.24, 2.45) is 0 Å². The van der Waals surface area contributed by atoms with Crippen LogP contribution in [0.2, 0.25) is 0 Å². The van der Waals surface area contributed by atoms with E-state index in [1.165, 1.54) is 36.2 Å². The van der Waals surface area contributed by atoms with Gasteiger partial charge < -0.3 is 41.6 Å². The summed E-state index contributed by atoms with van der Waals surface area (Å²) < 4.78 is 31.7. The van der Waals surface area contributed by atoms with Gasteiger partial charge in [-0.05, 0) is 226 Å². The number of carboxylic acids is 1. The number of carboxylic acid groups (broad SMARTS) is 1. The normalized spacial score (nSPS) is 10.0. The molecule has 22 nitrogen and oxygen atoms in total. The van der Waals surface area contributed by atoms with E-state index in [4.69, 9.17) is 28.0 Å². The number of anilines is 1. The first-order valence-electron chi connectivity index (χ1n) is 32.0. The molecule has 5 aromatic heterocycles. The van der Waals surface area contributed by atoms with Crippen molar-refractivity contribution in [3.8, 4) is 0 Å². The van der Waals surface area contributed by atoms with Gasteiger partial charge in [0.2, 0.25) is 0 Å². The quantitative estimate of drug-likeness (QED) is 0.0243. The molecular formula is C80H85Br5N10O12Se. The molecule has 11 rings (SSSR count). The van der Waals surface area contributed by atoms with Gasteiger partial charge in [-0.25, -0.2) is 14.4 Å². The van der Waals surface area contributed by atoms with Crippen LogP contribution in [0.25, 0.3) is 60.1 Å². The summed E-state index contributed by atoms with van der Waals surface area (Å²) in [7, 11) is 3.20. The molecular weight excluding hydrogens is 1770 g/mol. The van der Waals surface area contributed by atoms with Crippen LogP contribution in [0.5, 0.6) is 0 Å². The first-order chi connectivity index (χ1) is 50.6. The van der Waals surface area contributed by atoms with Crippen LogP contribution in [0.3, 0.4) is 0 Å². The molecule has 0 radical (unpaired) electrons. The Morgan fingerprint density at radius 2 is 0.843 bits per heavy atom. The van der Waals surface area contributed by atoms with E-state index in [1.807, 2.05) is 137 Å². The van der Waals surface area contributed by atoms with Crippen LogP contribution in [0.1, 0.15) is 115 Å². The van der Waals surface area contributed by atoms with Gasteiger partial charge in [-0.15, -0.1) is 0 Å². The standard InChI is InChI=1S/C19H23N3O3.C11H9BrN2O.C10H6BrNO2.C10H6BrNO.C10H8BrN.C9H17NO2.C6H6BrN.C4H6O.CH4.O2Se/c1-12(11-22-18(24)25-19(2,3)4)13-7-6-8-14-15(17(23)20-5)9-10-21-16(13)14;1-13-11(15)8-5-6-14-10-7(8)3-2-4-9(10)12;11-8-3-1-2-6-7(10(13)14)4-5-12-9(6)8;11-9-3-1-2-8-7(6-13)4-5-12-10(8)9;1-7-5-6-12-10-8(7)3-2-4-9(10)11;1-7(2)6-10-8(11)12-9(3,4)5;7-5-3-1-2-4-6(5)8;1-3-4(2)5;;1-3-2/h6-10H,1,11H2,2-5H3,(H,20,23)(H,22,24);2-6H,1H3,(H,13,15);1-5H,(H,13,14);1-6H;2-6H,1H3;1,6H2,2-5H3,(H,10,11);1-4H,8H2;3H,1H2,2H3;1H4;. The van der Waals surface area contributed by atoms with Crippen LogP contribution in [-0.4, -0.2) is 125 Å². The summed E-state index contributed by atoms with van der Waals surface area (Å²) in [4.78, 5) is 98.9. The maximum atomic E-state index is 12.0. The summed E-state index contributed by atoms with van der Waals surface area (Å²) in [6, 6.07) is 44.6. The third-order valence-electron chi connectivity index (χ3n) is 13.6. The van der Waals surface area contributed by atoms with Crippen LogP contribution in [0.15, 0.2) is 230 Å². The number of aldehydes is 1. The number of ether oxygens (including phenoxy) is 2. The van der Waals surface area contributed by atoms with E-state index < -0.39 is 44.2 Å². The van der Waals surface area contributed by atoms with Crippen molar-refractivity contribution in [2.45, 2.75) is 80.9 Å². The van der Waals surface area contributed by atoms with Crippen LogP contribution in [0.4, 0.5) is 15.3 Å². The molecule has 0 aliphatic rings. The molecule has 568 valence electrons. The van der Waals surface area contributed by atoms with E-state index in [0.717, 1.165) is 78.2 Å². The van der Waals surface area contributed by atoms with Crippen LogP contribution >= 0.6 is 79.6 Å². The summed E-state index contributed by atoms with van der Waals surface area (Å²) in [5.41, 5.74) is 15.0. The fraction of sp³-hybridized carbons (Fsp3) is 0.200. The molecule has 0 saturated carbocycles.